The fourth-order valence-corrected chi connectivity index (χ4v) is 20.1. The van der Waals surface area contributed by atoms with E-state index < -0.39 is 0 Å². The number of aromatic nitrogens is 9. The maximum absolute atomic E-state index is 6.36. The number of rotatable bonds is 10. The maximum Gasteiger partial charge on any atom is 0.170 e. The van der Waals surface area contributed by atoms with E-state index in [0.717, 1.165) is 87.9 Å². The molecule has 646 valence electrons. The lowest BCUT2D eigenvalue weighted by Gasteiger charge is -2.20. The van der Waals surface area contributed by atoms with Crippen molar-refractivity contribution in [1.82, 2.24) is 44.9 Å². The Morgan fingerprint density at radius 1 is 0.130 bits per heavy atom. The van der Waals surface area contributed by atoms with Gasteiger partial charge in [0.25, 0.3) is 0 Å². The molecule has 0 bridgehead atoms. The number of nitrogens with zero attached hydrogens (tertiary/aromatic N) is 9. The number of fused-ring (bicyclic) bond motifs is 24. The van der Waals surface area contributed by atoms with Crippen molar-refractivity contribution in [2.24, 2.45) is 0 Å². The van der Waals surface area contributed by atoms with E-state index >= 15 is 0 Å². The molecule has 3 aliphatic heterocycles. The highest BCUT2D eigenvalue weighted by molar-refractivity contribution is 7.99. The molecule has 0 fully saturated rings. The second kappa shape index (κ2) is 34.0. The molecule has 0 aliphatic carbocycles. The SMILES string of the molecule is c1ccc(-c2ccc(-c3nc(-c4ccc5c(c4)Oc4ccccc4O5)nc(-c4ccc5c6ccccc6c6ccccc6c5c4)n3)cc2)cc1.c1ccc(-c2ccc(-c3nc(-c4ccc5c(c4)Oc4ccccc4S5)nc(-c4ccc5c6ccccc6c6ccccc6c5c4)n3)cc2)cc1.c1ccc2c(c1)Oc1ccc(-c3ncnc(-c4ccc5c6ccccc6c6ccccc6c5c4)n3)cc1O2. The lowest BCUT2D eigenvalue weighted by Crippen LogP contribution is -2.02. The quantitative estimate of drug-likeness (QED) is 0.119. The van der Waals surface area contributed by atoms with Gasteiger partial charge in [0.1, 0.15) is 17.8 Å². The zero-order chi connectivity index (χ0) is 91.1. The first-order valence-electron chi connectivity index (χ1n) is 45.6. The molecule has 0 spiro atoms. The third kappa shape index (κ3) is 14.8. The first-order valence-corrected chi connectivity index (χ1v) is 46.4. The summed E-state index contributed by atoms with van der Waals surface area (Å²) in [5.41, 5.74) is 11.7. The van der Waals surface area contributed by atoms with E-state index in [-0.39, 0.29) is 0 Å². The zero-order valence-electron chi connectivity index (χ0n) is 73.6. The Labute approximate surface area is 795 Å². The lowest BCUT2D eigenvalue weighted by atomic mass is 9.93. The summed E-state index contributed by atoms with van der Waals surface area (Å²) in [5, 5.41) is 21.9. The minimum Gasteiger partial charge on any atom is -0.455 e. The van der Waals surface area contributed by atoms with Crippen molar-refractivity contribution in [2.75, 3.05) is 0 Å². The molecular formula is C123H73N9O5S. The molecule has 14 nitrogen and oxygen atoms in total. The summed E-state index contributed by atoms with van der Waals surface area (Å²) >= 11 is 1.71. The van der Waals surface area contributed by atoms with Crippen molar-refractivity contribution in [1.29, 1.82) is 0 Å². The van der Waals surface area contributed by atoms with Crippen LogP contribution in [0.2, 0.25) is 0 Å². The topological polar surface area (TPSA) is 162 Å². The molecule has 0 atom stereocenters. The summed E-state index contributed by atoms with van der Waals surface area (Å²) in [5.74, 6) is 11.7. The summed E-state index contributed by atoms with van der Waals surface area (Å²) < 4.78 is 30.8. The van der Waals surface area contributed by atoms with Crippen molar-refractivity contribution in [3.05, 3.63) is 443 Å². The normalized spacial score (nSPS) is 12.0. The number of hydrogen-bond acceptors (Lipinski definition) is 15. The van der Waals surface area contributed by atoms with Gasteiger partial charge in [-0.2, -0.15) is 0 Å². The fraction of sp³-hybridized carbons (Fsp3) is 0. The van der Waals surface area contributed by atoms with Crippen LogP contribution < -0.4 is 23.7 Å². The van der Waals surface area contributed by atoms with Crippen LogP contribution >= 0.6 is 11.8 Å². The van der Waals surface area contributed by atoms with E-state index in [9.17, 15) is 0 Å². The monoisotopic (exact) mass is 1790 g/mol. The smallest absolute Gasteiger partial charge is 0.170 e. The van der Waals surface area contributed by atoms with Crippen molar-refractivity contribution in [2.45, 2.75) is 9.79 Å². The molecule has 0 saturated heterocycles. The van der Waals surface area contributed by atoms with Crippen molar-refractivity contribution in [3.8, 4) is 171 Å². The molecule has 138 heavy (non-hydrogen) atoms. The molecule has 0 amide bonds. The Kier molecular flexibility index (Phi) is 19.8. The molecule has 0 unspecified atom stereocenters. The Morgan fingerprint density at radius 2 is 0.341 bits per heavy atom. The third-order valence-corrected chi connectivity index (χ3v) is 26.9. The van der Waals surface area contributed by atoms with E-state index in [1.807, 2.05) is 121 Å². The van der Waals surface area contributed by atoms with Gasteiger partial charge in [-0.15, -0.1) is 0 Å². The predicted molar refractivity (Wildman–Crippen MR) is 555 cm³/mol. The van der Waals surface area contributed by atoms with E-state index in [1.165, 1.54) is 97.1 Å². The molecule has 3 aromatic heterocycles. The number of para-hydroxylation sites is 5. The highest BCUT2D eigenvalue weighted by Crippen LogP contribution is 2.52. The molecule has 3 aliphatic rings. The van der Waals surface area contributed by atoms with Gasteiger partial charge in [-0.3, -0.25) is 0 Å². The van der Waals surface area contributed by atoms with Crippen LogP contribution in [0.5, 0.6) is 57.5 Å². The minimum atomic E-state index is 0.547. The maximum atomic E-state index is 6.36. The van der Waals surface area contributed by atoms with Crippen molar-refractivity contribution >= 4 is 109 Å². The molecule has 22 aromatic carbocycles. The molecular weight excluding hydrogens is 1720 g/mol. The Morgan fingerprint density at radius 3 is 0.703 bits per heavy atom. The minimum absolute atomic E-state index is 0.547. The van der Waals surface area contributed by atoms with Gasteiger partial charge in [0, 0.05) is 44.5 Å². The van der Waals surface area contributed by atoms with Crippen LogP contribution in [0.25, 0.3) is 210 Å². The number of hydrogen-bond donors (Lipinski definition) is 0. The van der Waals surface area contributed by atoms with Crippen LogP contribution in [-0.2, 0) is 0 Å². The molecule has 0 N–H and O–H groups in total. The predicted octanol–water partition coefficient (Wildman–Crippen LogP) is 32.7. The molecule has 15 heteroatoms. The summed E-state index contributed by atoms with van der Waals surface area (Å²) in [7, 11) is 0. The van der Waals surface area contributed by atoms with Gasteiger partial charge in [0.15, 0.2) is 92.6 Å². The van der Waals surface area contributed by atoms with Gasteiger partial charge in [0.2, 0.25) is 0 Å². The Bertz CT molecular complexity index is 8760. The highest BCUT2D eigenvalue weighted by atomic mass is 32.2. The summed E-state index contributed by atoms with van der Waals surface area (Å²) in [6, 6.07) is 150. The standard InChI is InChI=1S/C45H27N3O2.C45H27N3OS.C33H19N3O2/c1-2-10-28(11-3-1)29-18-20-30(21-19-29)43-46-44(48-45(47-43)32-23-25-41-42(27-32)50-40-17-9-8-16-39(40)49-41)31-22-24-37-35-14-5-4-12-33(35)34-13-6-7-15-36(34)38(37)26-31;1-2-10-28(11-3-1)29-18-20-30(21-19-29)43-46-44(48-45(47-43)32-23-25-42-40(27-32)49-39-16-8-9-17-41(39)50-42)31-22-24-37-35-14-5-4-12-33(35)34-13-6-7-15-36(34)38(37)26-31;1-2-9-24-22(7-1)23-8-3-4-10-25(23)27-17-20(13-15-26(24)27)32-34-19-35-33(36-32)21-14-16-30-31(18-21)38-29-12-6-5-11-28(29)37-30/h2*1-27H;1-19H. The van der Waals surface area contributed by atoms with Gasteiger partial charge in [-0.05, 0) is 228 Å². The summed E-state index contributed by atoms with van der Waals surface area (Å²) in [4.78, 5) is 46.5. The van der Waals surface area contributed by atoms with Crippen molar-refractivity contribution < 1.29 is 23.7 Å². The molecule has 28 rings (SSSR count). The van der Waals surface area contributed by atoms with Gasteiger partial charge in [-0.1, -0.05) is 339 Å². The van der Waals surface area contributed by atoms with Crippen LogP contribution in [0.1, 0.15) is 0 Å². The summed E-state index contributed by atoms with van der Waals surface area (Å²) in [6.07, 6.45) is 1.56. The van der Waals surface area contributed by atoms with Crippen LogP contribution in [0.4, 0.5) is 0 Å². The fourth-order valence-electron chi connectivity index (χ4n) is 19.1. The van der Waals surface area contributed by atoms with Gasteiger partial charge >= 0.3 is 0 Å². The van der Waals surface area contributed by atoms with Gasteiger partial charge in [0.05, 0.1) is 9.79 Å². The van der Waals surface area contributed by atoms with Crippen LogP contribution in [0.3, 0.4) is 0 Å². The number of benzene rings is 22. The van der Waals surface area contributed by atoms with E-state index in [1.54, 1.807) is 18.1 Å². The average molecular weight is 1790 g/mol. The van der Waals surface area contributed by atoms with Gasteiger partial charge < -0.3 is 23.7 Å². The van der Waals surface area contributed by atoms with E-state index in [0.29, 0.717) is 92.6 Å². The number of ether oxygens (including phenoxy) is 5. The Hall–Kier alpha value is -18.4. The molecule has 0 saturated carbocycles. The van der Waals surface area contributed by atoms with Gasteiger partial charge in [-0.25, -0.2) is 44.9 Å². The van der Waals surface area contributed by atoms with E-state index in [4.69, 9.17) is 58.6 Å². The molecule has 6 heterocycles. The molecule has 0 radical (unpaired) electrons. The molecule has 25 aromatic rings. The first-order chi connectivity index (χ1) is 68.3. The summed E-state index contributed by atoms with van der Waals surface area (Å²) in [6.45, 7) is 0. The second-order valence-corrected chi connectivity index (χ2v) is 35.2. The Balaban J connectivity index is 0.000000108. The lowest BCUT2D eigenvalue weighted by molar-refractivity contribution is 0.360. The van der Waals surface area contributed by atoms with Crippen molar-refractivity contribution in [3.63, 3.8) is 0 Å². The highest BCUT2D eigenvalue weighted by Gasteiger charge is 2.27. The van der Waals surface area contributed by atoms with E-state index in [2.05, 4.69) is 325 Å². The zero-order valence-corrected chi connectivity index (χ0v) is 74.4. The second-order valence-electron chi connectivity index (χ2n) is 34.1. The average Bonchev–Trinajstić information content (AvgIpc) is 0.743. The third-order valence-electron chi connectivity index (χ3n) is 25.8. The van der Waals surface area contributed by atoms with Crippen LogP contribution in [-0.4, -0.2) is 44.9 Å². The first kappa shape index (κ1) is 80.4. The largest absolute Gasteiger partial charge is 0.455 e. The van der Waals surface area contributed by atoms with Crippen LogP contribution in [0.15, 0.2) is 453 Å². The van der Waals surface area contributed by atoms with Crippen LogP contribution in [0, 0.1) is 0 Å².